The van der Waals surface area contributed by atoms with Crippen LogP contribution >= 0.6 is 11.6 Å². The minimum absolute atomic E-state index is 0.286. The fraction of sp³-hybridized carbons (Fsp3) is 1.00. The molecule has 0 heterocycles. The number of ether oxygens (including phenoxy) is 2. The van der Waals surface area contributed by atoms with Gasteiger partial charge >= 0.3 is 0 Å². The maximum absolute atomic E-state index is 5.55. The molecule has 68 valence electrons. The quantitative estimate of drug-likeness (QED) is 0.270. The second-order valence-electron chi connectivity index (χ2n) is 2.69. The van der Waals surface area contributed by atoms with E-state index in [0.717, 1.165) is 35.4 Å². The highest BCUT2D eigenvalue weighted by molar-refractivity contribution is 6.17. The molecule has 0 fully saturated rings. The fourth-order valence-corrected chi connectivity index (χ4v) is 1.37. The normalized spacial score (nSPS) is 12.3. The number of methoxy groups -OCH3 is 2. The number of rotatable bonds is 6. The first-order chi connectivity index (χ1) is 5.18. The molecule has 0 radical (unpaired) electrons. The average Bonchev–Trinajstić information content (AvgIpc) is 2.05. The van der Waals surface area contributed by atoms with Gasteiger partial charge in [0, 0.05) is 20.1 Å². The Morgan fingerprint density at radius 3 is 2.18 bits per heavy atom. The second kappa shape index (κ2) is 6.00. The third kappa shape index (κ3) is 4.79. The molecule has 0 unspecified atom stereocenters. The lowest BCUT2D eigenvalue weighted by molar-refractivity contribution is -0.146. The van der Waals surface area contributed by atoms with Crippen molar-refractivity contribution in [1.82, 2.24) is 0 Å². The molecule has 0 aromatic heterocycles. The van der Waals surface area contributed by atoms with Gasteiger partial charge in [-0.3, -0.25) is 0 Å². The molecule has 0 aliphatic carbocycles. The molecule has 0 aliphatic heterocycles. The zero-order valence-corrected chi connectivity index (χ0v) is 10.3. The third-order valence-corrected chi connectivity index (χ3v) is 3.46. The molecule has 0 aliphatic rings. The molecule has 0 N–H and O–H groups in total. The third-order valence-electron chi connectivity index (χ3n) is 1.88. The Balaban J connectivity index is 3.51. The molecule has 0 saturated carbocycles. The van der Waals surface area contributed by atoms with E-state index in [9.17, 15) is 0 Å². The largest absolute Gasteiger partial charge is 0.358 e. The van der Waals surface area contributed by atoms with Gasteiger partial charge in [0.05, 0.1) is 10.2 Å². The van der Waals surface area contributed by atoms with Gasteiger partial charge in [-0.1, -0.05) is 0 Å². The standard InChI is InChI=1S/C7H17ClO2Si/c1-9-7(11,10-2)5-3-4-6-8/h3-6H2,1-2,11H3. The van der Waals surface area contributed by atoms with Crippen molar-refractivity contribution in [2.24, 2.45) is 0 Å². The number of hydrogen-bond acceptors (Lipinski definition) is 2. The van der Waals surface area contributed by atoms with E-state index in [2.05, 4.69) is 0 Å². The number of unbranched alkanes of at least 4 members (excludes halogenated alkanes) is 1. The molecule has 4 heteroatoms. The molecule has 11 heavy (non-hydrogen) atoms. The van der Waals surface area contributed by atoms with Crippen LogP contribution in [0.1, 0.15) is 19.3 Å². The second-order valence-corrected chi connectivity index (χ2v) is 4.59. The monoisotopic (exact) mass is 196 g/mol. The minimum Gasteiger partial charge on any atom is -0.358 e. The Morgan fingerprint density at radius 2 is 1.82 bits per heavy atom. The molecular weight excluding hydrogens is 180 g/mol. The Labute approximate surface area is 76.6 Å². The van der Waals surface area contributed by atoms with E-state index in [4.69, 9.17) is 21.1 Å². The highest BCUT2D eigenvalue weighted by Gasteiger charge is 2.20. The predicted octanol–water partition coefficient (Wildman–Crippen LogP) is 0.708. The summed E-state index contributed by atoms with van der Waals surface area (Å²) < 4.78 is 10.5. The lowest BCUT2D eigenvalue weighted by atomic mass is 10.2. The summed E-state index contributed by atoms with van der Waals surface area (Å²) in [5.41, 5.74) is -0.286. The topological polar surface area (TPSA) is 18.5 Å². The predicted molar refractivity (Wildman–Crippen MR) is 51.3 cm³/mol. The van der Waals surface area contributed by atoms with Gasteiger partial charge in [0.2, 0.25) is 0 Å². The van der Waals surface area contributed by atoms with Gasteiger partial charge in [-0.15, -0.1) is 11.6 Å². The van der Waals surface area contributed by atoms with Gasteiger partial charge in [-0.25, -0.2) is 0 Å². The van der Waals surface area contributed by atoms with Gasteiger partial charge in [-0.2, -0.15) is 0 Å². The Morgan fingerprint density at radius 1 is 1.27 bits per heavy atom. The van der Waals surface area contributed by atoms with E-state index < -0.39 is 0 Å². The first-order valence-corrected chi connectivity index (χ1v) is 5.38. The van der Waals surface area contributed by atoms with Crippen molar-refractivity contribution in [2.45, 2.75) is 24.7 Å². The summed E-state index contributed by atoms with van der Waals surface area (Å²) in [5.74, 6) is 0.727. The van der Waals surface area contributed by atoms with Gasteiger partial charge in [0.15, 0.2) is 0 Å². The smallest absolute Gasteiger partial charge is 0.140 e. The molecule has 0 aromatic rings. The van der Waals surface area contributed by atoms with Gasteiger partial charge < -0.3 is 9.47 Å². The zero-order valence-electron chi connectivity index (χ0n) is 7.52. The van der Waals surface area contributed by atoms with E-state index in [-0.39, 0.29) is 5.41 Å². The molecule has 0 bridgehead atoms. The summed E-state index contributed by atoms with van der Waals surface area (Å²) in [6.07, 6.45) is 3.08. The molecule has 0 aromatic carbocycles. The van der Waals surface area contributed by atoms with Crippen LogP contribution in [0.2, 0.25) is 0 Å². The summed E-state index contributed by atoms with van der Waals surface area (Å²) in [6, 6.07) is 0. The van der Waals surface area contributed by atoms with Gasteiger partial charge in [0.25, 0.3) is 0 Å². The van der Waals surface area contributed by atoms with Crippen LogP contribution in [0.25, 0.3) is 0 Å². The van der Waals surface area contributed by atoms with E-state index in [1.807, 2.05) is 0 Å². The molecule has 0 spiro atoms. The van der Waals surface area contributed by atoms with Crippen LogP contribution < -0.4 is 0 Å². The van der Waals surface area contributed by atoms with Crippen LogP contribution in [-0.2, 0) is 9.47 Å². The first kappa shape index (κ1) is 11.4. The van der Waals surface area contributed by atoms with Crippen LogP contribution in [0.4, 0.5) is 0 Å². The average molecular weight is 197 g/mol. The summed E-state index contributed by atoms with van der Waals surface area (Å²) in [5, 5.41) is 0. The minimum atomic E-state index is -0.286. The Hall–Kier alpha value is 0.427. The molecule has 0 amide bonds. The molecular formula is C7H17ClO2Si. The summed E-state index contributed by atoms with van der Waals surface area (Å²) in [6.45, 7) is 0. The molecule has 0 atom stereocenters. The lowest BCUT2D eigenvalue weighted by Crippen LogP contribution is -2.33. The van der Waals surface area contributed by atoms with E-state index >= 15 is 0 Å². The highest BCUT2D eigenvalue weighted by atomic mass is 35.5. The van der Waals surface area contributed by atoms with E-state index in [1.54, 1.807) is 14.2 Å². The lowest BCUT2D eigenvalue weighted by Gasteiger charge is -2.26. The number of alkyl halides is 1. The van der Waals surface area contributed by atoms with Crippen molar-refractivity contribution < 1.29 is 9.47 Å². The maximum atomic E-state index is 5.55. The first-order valence-electron chi connectivity index (χ1n) is 3.85. The summed E-state index contributed by atoms with van der Waals surface area (Å²) >= 11 is 5.55. The molecule has 0 rings (SSSR count). The van der Waals surface area contributed by atoms with Gasteiger partial charge in [-0.05, 0) is 19.3 Å². The summed E-state index contributed by atoms with van der Waals surface area (Å²) in [7, 11) is 4.28. The van der Waals surface area contributed by atoms with E-state index in [0.29, 0.717) is 0 Å². The maximum Gasteiger partial charge on any atom is 0.140 e. The zero-order chi connectivity index (χ0) is 8.74. The van der Waals surface area contributed by atoms with Crippen LogP contribution in [0.3, 0.4) is 0 Å². The molecule has 0 saturated heterocycles. The van der Waals surface area contributed by atoms with Crippen LogP contribution in [0.15, 0.2) is 0 Å². The molecule has 2 nitrogen and oxygen atoms in total. The van der Waals surface area contributed by atoms with Crippen molar-refractivity contribution in [2.75, 3.05) is 20.1 Å². The van der Waals surface area contributed by atoms with Crippen molar-refractivity contribution in [1.29, 1.82) is 0 Å². The fourth-order valence-electron chi connectivity index (χ4n) is 0.828. The Bertz CT molecular complexity index is 96.4. The SMILES string of the molecule is COC([SiH3])(CCCCCl)OC. The number of halogens is 1. The van der Waals surface area contributed by atoms with Crippen molar-refractivity contribution in [3.63, 3.8) is 0 Å². The van der Waals surface area contributed by atoms with Crippen LogP contribution in [0, 0.1) is 0 Å². The Kier molecular flexibility index (Phi) is 6.23. The van der Waals surface area contributed by atoms with E-state index in [1.165, 1.54) is 0 Å². The van der Waals surface area contributed by atoms with Gasteiger partial charge in [0.1, 0.15) is 5.41 Å². The number of hydrogen-bond donors (Lipinski definition) is 0. The van der Waals surface area contributed by atoms with Crippen LogP contribution in [-0.4, -0.2) is 35.8 Å². The van der Waals surface area contributed by atoms with Crippen molar-refractivity contribution in [3.05, 3.63) is 0 Å². The van der Waals surface area contributed by atoms with Crippen molar-refractivity contribution in [3.8, 4) is 0 Å². The summed E-state index contributed by atoms with van der Waals surface area (Å²) in [4.78, 5) is 0. The highest BCUT2D eigenvalue weighted by Crippen LogP contribution is 2.15. The van der Waals surface area contributed by atoms with Crippen LogP contribution in [0.5, 0.6) is 0 Å². The van der Waals surface area contributed by atoms with Crippen molar-refractivity contribution >= 4 is 21.8 Å².